The van der Waals surface area contributed by atoms with Crippen molar-refractivity contribution in [2.45, 2.75) is 0 Å². The molecule has 2 nitrogen and oxygen atoms in total. The summed E-state index contributed by atoms with van der Waals surface area (Å²) in [4.78, 5) is 4.27. The maximum Gasteiger partial charge on any atom is 0.148 e. The highest BCUT2D eigenvalue weighted by Crippen LogP contribution is 2.19. The van der Waals surface area contributed by atoms with Crippen LogP contribution in [0.2, 0.25) is 0 Å². The molecule has 2 heteroatoms. The lowest BCUT2D eigenvalue weighted by Gasteiger charge is -2.03. The number of hydrogen-bond donors (Lipinski definition) is 0. The van der Waals surface area contributed by atoms with Gasteiger partial charge in [-0.2, -0.15) is 0 Å². The van der Waals surface area contributed by atoms with E-state index in [1.165, 1.54) is 0 Å². The third kappa shape index (κ3) is 2.40. The standard InChI is InChI=1S/C14H11NO/c1-2-11-16-13-8-6-12(7-9-13)14-5-3-4-10-15-14/h1,3-10H,11H2. The van der Waals surface area contributed by atoms with Crippen LogP contribution in [0.4, 0.5) is 0 Å². The summed E-state index contributed by atoms with van der Waals surface area (Å²) in [6.45, 7) is 0.295. The maximum atomic E-state index is 5.29. The molecule has 0 bridgehead atoms. The number of nitrogens with zero attached hydrogens (tertiary/aromatic N) is 1. The van der Waals surface area contributed by atoms with Gasteiger partial charge in [-0.25, -0.2) is 0 Å². The van der Waals surface area contributed by atoms with Crippen molar-refractivity contribution in [3.05, 3.63) is 48.7 Å². The van der Waals surface area contributed by atoms with Crippen LogP contribution < -0.4 is 4.74 Å². The molecule has 0 amide bonds. The van der Waals surface area contributed by atoms with Crippen molar-refractivity contribution < 1.29 is 4.74 Å². The molecule has 0 aliphatic heterocycles. The Kier molecular flexibility index (Phi) is 3.20. The molecule has 0 radical (unpaired) electrons. The molecule has 0 saturated heterocycles. The summed E-state index contributed by atoms with van der Waals surface area (Å²) in [5, 5.41) is 0. The zero-order valence-corrected chi connectivity index (χ0v) is 8.76. The number of aromatic nitrogens is 1. The Morgan fingerprint density at radius 3 is 2.56 bits per heavy atom. The fraction of sp³-hybridized carbons (Fsp3) is 0.0714. The van der Waals surface area contributed by atoms with Gasteiger partial charge in [-0.15, -0.1) is 6.42 Å². The summed E-state index contributed by atoms with van der Waals surface area (Å²) in [6.07, 6.45) is 6.89. The van der Waals surface area contributed by atoms with Gasteiger partial charge in [0.25, 0.3) is 0 Å². The second kappa shape index (κ2) is 4.99. The smallest absolute Gasteiger partial charge is 0.148 e. The van der Waals surface area contributed by atoms with Crippen LogP contribution in [0.1, 0.15) is 0 Å². The molecule has 16 heavy (non-hydrogen) atoms. The largest absolute Gasteiger partial charge is 0.481 e. The number of terminal acetylenes is 1. The lowest BCUT2D eigenvalue weighted by atomic mass is 10.1. The van der Waals surface area contributed by atoms with Gasteiger partial charge >= 0.3 is 0 Å². The van der Waals surface area contributed by atoms with E-state index < -0.39 is 0 Å². The summed E-state index contributed by atoms with van der Waals surface area (Å²) in [5.41, 5.74) is 2.01. The van der Waals surface area contributed by atoms with Gasteiger partial charge in [0.15, 0.2) is 0 Å². The minimum Gasteiger partial charge on any atom is -0.481 e. The van der Waals surface area contributed by atoms with Crippen molar-refractivity contribution in [3.8, 4) is 29.4 Å². The predicted molar refractivity (Wildman–Crippen MR) is 64.0 cm³/mol. The average Bonchev–Trinajstić information content (AvgIpc) is 2.38. The maximum absolute atomic E-state index is 5.29. The first-order valence-corrected chi connectivity index (χ1v) is 4.98. The van der Waals surface area contributed by atoms with Crippen LogP contribution in [0, 0.1) is 12.3 Å². The van der Waals surface area contributed by atoms with Crippen LogP contribution in [0.15, 0.2) is 48.7 Å². The summed E-state index contributed by atoms with van der Waals surface area (Å²) in [7, 11) is 0. The molecule has 78 valence electrons. The SMILES string of the molecule is C#CCOc1ccc(-c2ccccn2)cc1. The molecule has 0 unspecified atom stereocenters. The highest BCUT2D eigenvalue weighted by Gasteiger charge is 1.98. The van der Waals surface area contributed by atoms with Crippen LogP contribution in [-0.4, -0.2) is 11.6 Å². The molecule has 2 aromatic rings. The van der Waals surface area contributed by atoms with Crippen molar-refractivity contribution in [3.63, 3.8) is 0 Å². The molecule has 0 saturated carbocycles. The molecule has 1 aromatic carbocycles. The second-order valence-corrected chi connectivity index (χ2v) is 3.23. The first-order valence-electron chi connectivity index (χ1n) is 4.98. The Morgan fingerprint density at radius 2 is 1.94 bits per heavy atom. The first kappa shape index (κ1) is 10.3. The molecular weight excluding hydrogens is 198 g/mol. The van der Waals surface area contributed by atoms with Gasteiger partial charge in [0.05, 0.1) is 5.69 Å². The molecular formula is C14H11NO. The normalized spacial score (nSPS) is 9.44. The summed E-state index contributed by atoms with van der Waals surface area (Å²) < 4.78 is 5.29. The topological polar surface area (TPSA) is 22.1 Å². The van der Waals surface area contributed by atoms with Crippen molar-refractivity contribution in [2.24, 2.45) is 0 Å². The monoisotopic (exact) mass is 209 g/mol. The van der Waals surface area contributed by atoms with Crippen LogP contribution in [-0.2, 0) is 0 Å². The van der Waals surface area contributed by atoms with Gasteiger partial charge in [0.2, 0.25) is 0 Å². The lowest BCUT2D eigenvalue weighted by molar-refractivity contribution is 0.370. The van der Waals surface area contributed by atoms with E-state index in [9.17, 15) is 0 Å². The quantitative estimate of drug-likeness (QED) is 0.725. The van der Waals surface area contributed by atoms with Gasteiger partial charge in [-0.1, -0.05) is 12.0 Å². The van der Waals surface area contributed by atoms with E-state index in [0.29, 0.717) is 6.61 Å². The Bertz CT molecular complexity index is 482. The molecule has 0 aliphatic carbocycles. The molecule has 2 rings (SSSR count). The van der Waals surface area contributed by atoms with Gasteiger partial charge in [-0.3, -0.25) is 4.98 Å². The minimum atomic E-state index is 0.295. The molecule has 0 aliphatic rings. The van der Waals surface area contributed by atoms with E-state index in [1.807, 2.05) is 42.5 Å². The van der Waals surface area contributed by atoms with E-state index in [4.69, 9.17) is 11.2 Å². The number of benzene rings is 1. The fourth-order valence-corrected chi connectivity index (χ4v) is 1.38. The number of hydrogen-bond acceptors (Lipinski definition) is 2. The zero-order chi connectivity index (χ0) is 11.2. The summed E-state index contributed by atoms with van der Waals surface area (Å²) in [6, 6.07) is 13.5. The number of pyridine rings is 1. The van der Waals surface area contributed by atoms with Gasteiger partial charge < -0.3 is 4.74 Å². The Hall–Kier alpha value is -2.27. The molecule has 0 atom stereocenters. The van der Waals surface area contributed by atoms with Gasteiger partial charge in [-0.05, 0) is 36.4 Å². The number of rotatable bonds is 3. The van der Waals surface area contributed by atoms with E-state index >= 15 is 0 Å². The fourth-order valence-electron chi connectivity index (χ4n) is 1.38. The van der Waals surface area contributed by atoms with Gasteiger partial charge in [0.1, 0.15) is 12.4 Å². The van der Waals surface area contributed by atoms with E-state index in [-0.39, 0.29) is 0 Å². The average molecular weight is 209 g/mol. The van der Waals surface area contributed by atoms with Crippen molar-refractivity contribution in [1.29, 1.82) is 0 Å². The molecule has 1 heterocycles. The molecule has 0 spiro atoms. The molecule has 0 N–H and O–H groups in total. The predicted octanol–water partition coefficient (Wildman–Crippen LogP) is 2.76. The summed E-state index contributed by atoms with van der Waals surface area (Å²) in [5.74, 6) is 3.20. The minimum absolute atomic E-state index is 0.295. The van der Waals surface area contributed by atoms with Crippen LogP contribution in [0.5, 0.6) is 5.75 Å². The third-order valence-electron chi connectivity index (χ3n) is 2.14. The highest BCUT2D eigenvalue weighted by molar-refractivity contribution is 5.59. The summed E-state index contributed by atoms with van der Waals surface area (Å²) >= 11 is 0. The van der Waals surface area contributed by atoms with Crippen molar-refractivity contribution in [2.75, 3.05) is 6.61 Å². The van der Waals surface area contributed by atoms with Crippen LogP contribution in [0.3, 0.4) is 0 Å². The Morgan fingerprint density at radius 1 is 1.12 bits per heavy atom. The van der Waals surface area contributed by atoms with E-state index in [0.717, 1.165) is 17.0 Å². The van der Waals surface area contributed by atoms with Crippen molar-refractivity contribution >= 4 is 0 Å². The lowest BCUT2D eigenvalue weighted by Crippen LogP contribution is -1.92. The zero-order valence-electron chi connectivity index (χ0n) is 8.76. The Balaban J connectivity index is 2.17. The Labute approximate surface area is 94.9 Å². The van der Waals surface area contributed by atoms with Crippen LogP contribution >= 0.6 is 0 Å². The second-order valence-electron chi connectivity index (χ2n) is 3.23. The van der Waals surface area contributed by atoms with E-state index in [2.05, 4.69) is 10.9 Å². The van der Waals surface area contributed by atoms with E-state index in [1.54, 1.807) is 6.20 Å². The number of ether oxygens (including phenoxy) is 1. The first-order chi connectivity index (χ1) is 7.90. The van der Waals surface area contributed by atoms with Gasteiger partial charge in [0, 0.05) is 11.8 Å². The van der Waals surface area contributed by atoms with Crippen molar-refractivity contribution in [1.82, 2.24) is 4.98 Å². The highest BCUT2D eigenvalue weighted by atomic mass is 16.5. The third-order valence-corrected chi connectivity index (χ3v) is 2.14. The molecule has 0 fully saturated rings. The molecule has 1 aromatic heterocycles. The van der Waals surface area contributed by atoms with Crippen LogP contribution in [0.25, 0.3) is 11.3 Å².